The molecule has 116 valence electrons. The Bertz CT molecular complexity index is 646. The van der Waals surface area contributed by atoms with Crippen molar-refractivity contribution in [2.24, 2.45) is 4.99 Å². The minimum absolute atomic E-state index is 0.00124. The molecule has 1 aliphatic rings. The predicted molar refractivity (Wildman–Crippen MR) is 82.3 cm³/mol. The van der Waals surface area contributed by atoms with Gasteiger partial charge in [-0.3, -0.25) is 4.99 Å². The molecule has 1 aromatic carbocycles. The summed E-state index contributed by atoms with van der Waals surface area (Å²) >= 11 is 0. The summed E-state index contributed by atoms with van der Waals surface area (Å²) in [5.74, 6) is 0.459. The number of rotatable bonds is 5. The van der Waals surface area contributed by atoms with Crippen LogP contribution in [-0.2, 0) is 9.53 Å². The molecule has 22 heavy (non-hydrogen) atoms. The third-order valence-electron chi connectivity index (χ3n) is 2.91. The topological polar surface area (TPSA) is 77.4 Å². The Kier molecular flexibility index (Phi) is 5.19. The second kappa shape index (κ2) is 7.31. The third kappa shape index (κ3) is 3.66. The number of fused-ring (bicyclic) bond motifs is 1. The van der Waals surface area contributed by atoms with Gasteiger partial charge >= 0.3 is 5.97 Å². The van der Waals surface area contributed by atoms with Gasteiger partial charge in [-0.05, 0) is 30.7 Å². The molecule has 0 aromatic heterocycles. The Labute approximate surface area is 128 Å². The molecule has 0 amide bonds. The molecule has 0 atom stereocenters. The van der Waals surface area contributed by atoms with E-state index in [2.05, 4.69) is 9.73 Å². The van der Waals surface area contributed by atoms with Gasteiger partial charge in [-0.25, -0.2) is 4.79 Å². The van der Waals surface area contributed by atoms with E-state index in [1.165, 1.54) is 19.4 Å². The number of nitrogens with zero attached hydrogens (tertiary/aromatic N) is 1. The van der Waals surface area contributed by atoms with Crippen molar-refractivity contribution < 1.29 is 24.1 Å². The van der Waals surface area contributed by atoms with Gasteiger partial charge in [0.2, 0.25) is 6.79 Å². The van der Waals surface area contributed by atoms with Crippen molar-refractivity contribution in [3.63, 3.8) is 0 Å². The second-order valence-corrected chi connectivity index (χ2v) is 4.36. The van der Waals surface area contributed by atoms with Gasteiger partial charge in [0.1, 0.15) is 11.3 Å². The molecule has 0 spiro atoms. The number of esters is 1. The first-order chi connectivity index (χ1) is 10.7. The highest BCUT2D eigenvalue weighted by Crippen LogP contribution is 2.32. The van der Waals surface area contributed by atoms with E-state index in [0.717, 1.165) is 5.56 Å². The van der Waals surface area contributed by atoms with Crippen molar-refractivity contribution in [1.29, 1.82) is 0 Å². The van der Waals surface area contributed by atoms with E-state index in [4.69, 9.17) is 9.47 Å². The standard InChI is InChI=1S/C16H17NO5/c1-3-17-9-12(16(19)20-2)13(18)6-4-11-5-7-14-15(8-11)22-10-21-14/h4-9,18H,3,10H2,1-2H3/b6-4+,13-12?,17-9?. The lowest BCUT2D eigenvalue weighted by Gasteiger charge is -2.02. The molecule has 2 rings (SSSR count). The summed E-state index contributed by atoms with van der Waals surface area (Å²) in [5.41, 5.74) is 0.800. The molecule has 1 aromatic rings. The zero-order valence-electron chi connectivity index (χ0n) is 12.4. The van der Waals surface area contributed by atoms with Crippen LogP contribution in [0.15, 0.2) is 40.6 Å². The van der Waals surface area contributed by atoms with Gasteiger partial charge in [0.15, 0.2) is 11.5 Å². The predicted octanol–water partition coefficient (Wildman–Crippen LogP) is 2.50. The number of aliphatic hydroxyl groups is 1. The molecular formula is C16H17NO5. The number of ether oxygens (including phenoxy) is 3. The van der Waals surface area contributed by atoms with E-state index in [0.29, 0.717) is 18.0 Å². The maximum absolute atomic E-state index is 11.6. The van der Waals surface area contributed by atoms with Crippen LogP contribution in [0.3, 0.4) is 0 Å². The maximum Gasteiger partial charge on any atom is 0.343 e. The van der Waals surface area contributed by atoms with Crippen LogP contribution < -0.4 is 9.47 Å². The molecule has 0 unspecified atom stereocenters. The highest BCUT2D eigenvalue weighted by Gasteiger charge is 2.13. The molecular weight excluding hydrogens is 286 g/mol. The molecule has 1 heterocycles. The molecule has 6 heteroatoms. The van der Waals surface area contributed by atoms with Gasteiger partial charge < -0.3 is 19.3 Å². The van der Waals surface area contributed by atoms with Crippen molar-refractivity contribution in [2.75, 3.05) is 20.4 Å². The quantitative estimate of drug-likeness (QED) is 0.297. The molecule has 1 aliphatic heterocycles. The average molecular weight is 303 g/mol. The summed E-state index contributed by atoms with van der Waals surface area (Å²) in [6, 6.07) is 5.38. The van der Waals surface area contributed by atoms with Crippen LogP contribution in [0.2, 0.25) is 0 Å². The largest absolute Gasteiger partial charge is 0.507 e. The number of allylic oxidation sites excluding steroid dienone is 1. The first kappa shape index (κ1) is 15.6. The van der Waals surface area contributed by atoms with Gasteiger partial charge in [-0.1, -0.05) is 12.1 Å². The fourth-order valence-corrected chi connectivity index (χ4v) is 1.80. The number of carbonyl (C=O) groups is 1. The third-order valence-corrected chi connectivity index (χ3v) is 2.91. The van der Waals surface area contributed by atoms with Crippen LogP contribution in [-0.4, -0.2) is 37.7 Å². The first-order valence-electron chi connectivity index (χ1n) is 6.74. The molecule has 0 radical (unpaired) electrons. The minimum atomic E-state index is -0.648. The molecule has 0 bridgehead atoms. The van der Waals surface area contributed by atoms with Gasteiger partial charge in [-0.15, -0.1) is 0 Å². The highest BCUT2D eigenvalue weighted by molar-refractivity contribution is 6.10. The first-order valence-corrected chi connectivity index (χ1v) is 6.74. The van der Waals surface area contributed by atoms with Crippen LogP contribution >= 0.6 is 0 Å². The van der Waals surface area contributed by atoms with Crippen LogP contribution in [0.5, 0.6) is 11.5 Å². The normalized spacial score (nSPS) is 14.5. The molecule has 0 saturated carbocycles. The number of methoxy groups -OCH3 is 1. The Morgan fingerprint density at radius 1 is 1.41 bits per heavy atom. The monoisotopic (exact) mass is 303 g/mol. The Morgan fingerprint density at radius 3 is 2.91 bits per heavy atom. The Hall–Kier alpha value is -2.76. The molecule has 1 N–H and O–H groups in total. The minimum Gasteiger partial charge on any atom is -0.507 e. The zero-order valence-corrected chi connectivity index (χ0v) is 12.4. The summed E-state index contributed by atoms with van der Waals surface area (Å²) in [6.07, 6.45) is 4.36. The fourth-order valence-electron chi connectivity index (χ4n) is 1.80. The van der Waals surface area contributed by atoms with E-state index in [9.17, 15) is 9.90 Å². The number of aliphatic hydroxyl groups excluding tert-OH is 1. The maximum atomic E-state index is 11.6. The van der Waals surface area contributed by atoms with E-state index >= 15 is 0 Å². The summed E-state index contributed by atoms with van der Waals surface area (Å²) in [5, 5.41) is 10.0. The van der Waals surface area contributed by atoms with Gasteiger partial charge in [0.05, 0.1) is 7.11 Å². The van der Waals surface area contributed by atoms with Gasteiger partial charge in [0, 0.05) is 12.8 Å². The van der Waals surface area contributed by atoms with E-state index in [-0.39, 0.29) is 18.1 Å². The van der Waals surface area contributed by atoms with Gasteiger partial charge in [0.25, 0.3) is 0 Å². The number of hydrogen-bond acceptors (Lipinski definition) is 6. The highest BCUT2D eigenvalue weighted by atomic mass is 16.7. The summed E-state index contributed by atoms with van der Waals surface area (Å²) in [4.78, 5) is 15.6. The molecule has 0 saturated heterocycles. The number of aliphatic imine (C=N–C) groups is 1. The summed E-state index contributed by atoms with van der Waals surface area (Å²) < 4.78 is 15.1. The average Bonchev–Trinajstić information content (AvgIpc) is 3.00. The van der Waals surface area contributed by atoms with Crippen molar-refractivity contribution in [2.45, 2.75) is 6.92 Å². The molecule has 6 nitrogen and oxygen atoms in total. The second-order valence-electron chi connectivity index (χ2n) is 4.36. The fraction of sp³-hybridized carbons (Fsp3) is 0.250. The van der Waals surface area contributed by atoms with E-state index < -0.39 is 5.97 Å². The lowest BCUT2D eigenvalue weighted by atomic mass is 10.1. The number of carbonyl (C=O) groups excluding carboxylic acids is 1. The molecule has 0 fully saturated rings. The lowest BCUT2D eigenvalue weighted by Crippen LogP contribution is -2.08. The van der Waals surface area contributed by atoms with Crippen LogP contribution in [0.25, 0.3) is 6.08 Å². The van der Waals surface area contributed by atoms with Crippen molar-refractivity contribution in [3.8, 4) is 11.5 Å². The van der Waals surface area contributed by atoms with E-state index in [1.54, 1.807) is 18.2 Å². The van der Waals surface area contributed by atoms with Crippen molar-refractivity contribution in [1.82, 2.24) is 0 Å². The lowest BCUT2D eigenvalue weighted by molar-refractivity contribution is -0.135. The van der Waals surface area contributed by atoms with Crippen LogP contribution in [0.4, 0.5) is 0 Å². The zero-order chi connectivity index (χ0) is 15.9. The Morgan fingerprint density at radius 2 is 2.18 bits per heavy atom. The summed E-state index contributed by atoms with van der Waals surface area (Å²) in [7, 11) is 1.25. The van der Waals surface area contributed by atoms with E-state index in [1.807, 2.05) is 13.0 Å². The van der Waals surface area contributed by atoms with Crippen molar-refractivity contribution >= 4 is 18.3 Å². The summed E-state index contributed by atoms with van der Waals surface area (Å²) in [6.45, 7) is 2.53. The smallest absolute Gasteiger partial charge is 0.343 e. The van der Waals surface area contributed by atoms with Crippen molar-refractivity contribution in [3.05, 3.63) is 41.2 Å². The van der Waals surface area contributed by atoms with Gasteiger partial charge in [-0.2, -0.15) is 0 Å². The number of hydrogen-bond donors (Lipinski definition) is 1. The SMILES string of the molecule is CCN=CC(C(=O)OC)=C(O)/C=C/c1ccc2c(c1)OCO2. The van der Waals surface area contributed by atoms with Crippen LogP contribution in [0.1, 0.15) is 12.5 Å². The number of benzene rings is 1. The molecule has 0 aliphatic carbocycles. The van der Waals surface area contributed by atoms with Crippen LogP contribution in [0, 0.1) is 0 Å². The Balaban J connectivity index is 2.23.